The lowest BCUT2D eigenvalue weighted by Gasteiger charge is -2.13. The van der Waals surface area contributed by atoms with E-state index in [0.717, 1.165) is 19.3 Å². The van der Waals surface area contributed by atoms with Gasteiger partial charge in [0.25, 0.3) is 0 Å². The van der Waals surface area contributed by atoms with Crippen LogP contribution in [0.3, 0.4) is 0 Å². The Bertz CT molecular complexity index is 432. The smallest absolute Gasteiger partial charge is 0.340 e. The lowest BCUT2D eigenvalue weighted by atomic mass is 10.0. The number of hydrogen-bond acceptors (Lipinski definition) is 1. The molecule has 0 bridgehead atoms. The fraction of sp³-hybridized carbons (Fsp3) is 0.632. The minimum atomic E-state index is -1.61. The number of carbonyl (C=O) groups is 1. The van der Waals surface area contributed by atoms with Crippen molar-refractivity contribution in [1.29, 1.82) is 0 Å². The molecular formula is C19H28Cl2O2. The van der Waals surface area contributed by atoms with Gasteiger partial charge in [0.15, 0.2) is 0 Å². The minimum absolute atomic E-state index is 0.324. The number of aryl methyl sites for hydroxylation is 1. The Kier molecular flexibility index (Phi) is 10.4. The van der Waals surface area contributed by atoms with E-state index in [1.807, 2.05) is 0 Å². The maximum atomic E-state index is 10.7. The van der Waals surface area contributed by atoms with Crippen LogP contribution in [0.4, 0.5) is 0 Å². The third-order valence-corrected chi connectivity index (χ3v) is 4.81. The summed E-state index contributed by atoms with van der Waals surface area (Å²) in [5, 5.41) is 8.79. The Morgan fingerprint density at radius 2 is 1.30 bits per heavy atom. The van der Waals surface area contributed by atoms with Gasteiger partial charge in [-0.3, -0.25) is 0 Å². The van der Waals surface area contributed by atoms with Gasteiger partial charge >= 0.3 is 5.97 Å². The number of carboxylic acids is 1. The molecule has 0 unspecified atom stereocenters. The van der Waals surface area contributed by atoms with Gasteiger partial charge in [-0.05, 0) is 31.2 Å². The summed E-state index contributed by atoms with van der Waals surface area (Å²) in [7, 11) is 0. The first kappa shape index (κ1) is 20.3. The highest BCUT2D eigenvalue weighted by molar-refractivity contribution is 6.57. The van der Waals surface area contributed by atoms with Crippen molar-refractivity contribution in [1.82, 2.24) is 0 Å². The summed E-state index contributed by atoms with van der Waals surface area (Å²) in [4.78, 5) is 10.7. The van der Waals surface area contributed by atoms with E-state index in [4.69, 9.17) is 28.3 Å². The molecule has 1 aromatic carbocycles. The predicted molar refractivity (Wildman–Crippen MR) is 98.4 cm³/mol. The van der Waals surface area contributed by atoms with E-state index >= 15 is 0 Å². The minimum Gasteiger partial charge on any atom is -0.479 e. The van der Waals surface area contributed by atoms with Gasteiger partial charge in [-0.25, -0.2) is 4.79 Å². The number of benzene rings is 1. The summed E-state index contributed by atoms with van der Waals surface area (Å²) in [5.74, 6) is -1.14. The number of halogens is 2. The Morgan fingerprint density at radius 1 is 0.826 bits per heavy atom. The van der Waals surface area contributed by atoms with E-state index in [-0.39, 0.29) is 0 Å². The molecule has 0 radical (unpaired) electrons. The average Bonchev–Trinajstić information content (AvgIpc) is 2.53. The van der Waals surface area contributed by atoms with E-state index in [0.29, 0.717) is 6.42 Å². The second-order valence-electron chi connectivity index (χ2n) is 6.18. The molecule has 130 valence electrons. The summed E-state index contributed by atoms with van der Waals surface area (Å²) in [5.41, 5.74) is 1.43. The van der Waals surface area contributed by atoms with Crippen LogP contribution in [0.25, 0.3) is 0 Å². The highest BCUT2D eigenvalue weighted by Crippen LogP contribution is 2.28. The third kappa shape index (κ3) is 9.88. The van der Waals surface area contributed by atoms with Crippen LogP contribution >= 0.6 is 23.2 Å². The molecule has 0 saturated carbocycles. The molecule has 1 rings (SSSR count). The average molecular weight is 359 g/mol. The van der Waals surface area contributed by atoms with E-state index in [1.165, 1.54) is 50.5 Å². The van der Waals surface area contributed by atoms with Crippen LogP contribution < -0.4 is 0 Å². The first-order valence-corrected chi connectivity index (χ1v) is 9.43. The van der Waals surface area contributed by atoms with Crippen LogP contribution in [0.2, 0.25) is 0 Å². The molecule has 0 heterocycles. The molecule has 0 aliphatic carbocycles. The molecule has 23 heavy (non-hydrogen) atoms. The van der Waals surface area contributed by atoms with Crippen molar-refractivity contribution in [2.45, 2.75) is 75.0 Å². The first-order valence-electron chi connectivity index (χ1n) is 8.67. The lowest BCUT2D eigenvalue weighted by Crippen LogP contribution is -2.25. The van der Waals surface area contributed by atoms with Gasteiger partial charge in [0.2, 0.25) is 4.33 Å². The Balaban J connectivity index is 1.86. The molecule has 0 saturated heterocycles. The fourth-order valence-corrected chi connectivity index (χ4v) is 2.93. The molecule has 2 nitrogen and oxygen atoms in total. The van der Waals surface area contributed by atoms with E-state index in [2.05, 4.69) is 30.3 Å². The van der Waals surface area contributed by atoms with Crippen LogP contribution in [0, 0.1) is 0 Å². The van der Waals surface area contributed by atoms with Gasteiger partial charge in [0.1, 0.15) is 0 Å². The van der Waals surface area contributed by atoms with Crippen molar-refractivity contribution in [3.63, 3.8) is 0 Å². The number of hydrogen-bond donors (Lipinski definition) is 1. The zero-order valence-electron chi connectivity index (χ0n) is 13.8. The number of alkyl halides is 2. The standard InChI is InChI=1S/C19H28Cl2O2/c20-19(21,18(22)23)16-12-7-5-3-1-2-4-6-9-13-17-14-10-8-11-15-17/h8,10-11,14-15H,1-7,9,12-13,16H2,(H,22,23). The van der Waals surface area contributed by atoms with Gasteiger partial charge in [0, 0.05) is 0 Å². The molecule has 0 fully saturated rings. The quantitative estimate of drug-likeness (QED) is 0.327. The topological polar surface area (TPSA) is 37.3 Å². The molecule has 4 heteroatoms. The molecule has 1 aromatic rings. The van der Waals surface area contributed by atoms with E-state index < -0.39 is 10.3 Å². The summed E-state index contributed by atoms with van der Waals surface area (Å²) in [6.07, 6.45) is 12.1. The number of rotatable bonds is 13. The van der Waals surface area contributed by atoms with Gasteiger partial charge in [0.05, 0.1) is 0 Å². The maximum Gasteiger partial charge on any atom is 0.340 e. The highest BCUT2D eigenvalue weighted by atomic mass is 35.5. The summed E-state index contributed by atoms with van der Waals surface area (Å²) < 4.78 is -1.61. The van der Waals surface area contributed by atoms with Crippen molar-refractivity contribution >= 4 is 29.2 Å². The molecule has 0 aromatic heterocycles. The van der Waals surface area contributed by atoms with Crippen LogP contribution in [0.15, 0.2) is 30.3 Å². The number of unbranched alkanes of at least 4 members (excludes halogenated alkanes) is 8. The first-order chi connectivity index (χ1) is 11.0. The summed E-state index contributed by atoms with van der Waals surface area (Å²) in [6, 6.07) is 10.7. The number of aliphatic carboxylic acids is 1. The molecule has 0 aliphatic rings. The fourth-order valence-electron chi connectivity index (χ4n) is 2.67. The van der Waals surface area contributed by atoms with Crippen molar-refractivity contribution in [3.8, 4) is 0 Å². The van der Waals surface area contributed by atoms with Crippen LogP contribution in [-0.2, 0) is 11.2 Å². The lowest BCUT2D eigenvalue weighted by molar-refractivity contribution is -0.138. The Hall–Kier alpha value is -0.730. The molecule has 0 aliphatic heterocycles. The van der Waals surface area contributed by atoms with Gasteiger partial charge in [-0.2, -0.15) is 0 Å². The predicted octanol–water partition coefficient (Wildman–Crippen LogP) is 6.39. The zero-order chi connectivity index (χ0) is 17.0. The Morgan fingerprint density at radius 3 is 1.83 bits per heavy atom. The maximum absolute atomic E-state index is 10.7. The second-order valence-corrected chi connectivity index (χ2v) is 7.66. The molecule has 0 amide bonds. The van der Waals surface area contributed by atoms with Crippen molar-refractivity contribution in [3.05, 3.63) is 35.9 Å². The van der Waals surface area contributed by atoms with Crippen molar-refractivity contribution in [2.75, 3.05) is 0 Å². The van der Waals surface area contributed by atoms with Gasteiger partial charge in [-0.1, -0.05) is 98.5 Å². The largest absolute Gasteiger partial charge is 0.479 e. The van der Waals surface area contributed by atoms with Crippen LogP contribution in [-0.4, -0.2) is 15.4 Å². The molecule has 0 atom stereocenters. The zero-order valence-corrected chi connectivity index (χ0v) is 15.3. The highest BCUT2D eigenvalue weighted by Gasteiger charge is 2.32. The van der Waals surface area contributed by atoms with E-state index in [1.54, 1.807) is 0 Å². The Labute approximate surface area is 150 Å². The summed E-state index contributed by atoms with van der Waals surface area (Å²) in [6.45, 7) is 0. The number of carboxylic acid groups (broad SMARTS) is 1. The molecular weight excluding hydrogens is 331 g/mol. The summed E-state index contributed by atoms with van der Waals surface area (Å²) >= 11 is 11.4. The van der Waals surface area contributed by atoms with Gasteiger partial charge in [-0.15, -0.1) is 0 Å². The van der Waals surface area contributed by atoms with E-state index in [9.17, 15) is 4.79 Å². The second kappa shape index (κ2) is 11.8. The van der Waals surface area contributed by atoms with Crippen molar-refractivity contribution in [2.24, 2.45) is 0 Å². The van der Waals surface area contributed by atoms with Gasteiger partial charge < -0.3 is 5.11 Å². The van der Waals surface area contributed by atoms with Crippen molar-refractivity contribution < 1.29 is 9.90 Å². The SMILES string of the molecule is O=C(O)C(Cl)(Cl)CCCCCCCCCCCc1ccccc1. The normalized spacial score (nSPS) is 11.6. The van der Waals surface area contributed by atoms with Crippen LogP contribution in [0.5, 0.6) is 0 Å². The van der Waals surface area contributed by atoms with Crippen LogP contribution in [0.1, 0.15) is 69.8 Å². The monoisotopic (exact) mass is 358 g/mol. The third-order valence-electron chi connectivity index (χ3n) is 4.11. The molecule has 0 spiro atoms. The molecule has 1 N–H and O–H groups in total.